The molecule has 41 valence electrons. The molecule has 2 heteroatoms. The molecule has 1 fully saturated rings. The molecular formula is C5H10NO. The van der Waals surface area contributed by atoms with Gasteiger partial charge in [0.15, 0.2) is 0 Å². The summed E-state index contributed by atoms with van der Waals surface area (Å²) in [6.07, 6.45) is 4.36. The van der Waals surface area contributed by atoms with Crippen LogP contribution in [0.15, 0.2) is 0 Å². The molecule has 1 heterocycles. The highest BCUT2D eigenvalue weighted by atomic mass is 16.5. The summed E-state index contributed by atoms with van der Waals surface area (Å²) < 4.78 is 0. The highest BCUT2D eigenvalue weighted by molar-refractivity contribution is 4.72. The lowest BCUT2D eigenvalue weighted by atomic mass is 10.2. The van der Waals surface area contributed by atoms with Gasteiger partial charge in [-0.25, -0.2) is 0 Å². The van der Waals surface area contributed by atoms with Gasteiger partial charge in [-0.05, 0) is 19.3 Å². The number of rotatable bonds is 0. The van der Waals surface area contributed by atoms with Crippen LogP contribution in [-0.2, 0) is 0 Å². The maximum absolute atomic E-state index is 8.71. The van der Waals surface area contributed by atoms with E-state index in [4.69, 9.17) is 5.21 Å². The van der Waals surface area contributed by atoms with Crippen molar-refractivity contribution < 1.29 is 5.21 Å². The van der Waals surface area contributed by atoms with E-state index in [1.54, 1.807) is 0 Å². The van der Waals surface area contributed by atoms with Gasteiger partial charge in [-0.15, -0.1) is 0 Å². The zero-order chi connectivity index (χ0) is 5.11. The van der Waals surface area contributed by atoms with Crippen LogP contribution in [0.5, 0.6) is 0 Å². The van der Waals surface area contributed by atoms with E-state index in [1.165, 1.54) is 5.06 Å². The smallest absolute Gasteiger partial charge is 0.0269 e. The molecule has 0 aromatic carbocycles. The Morgan fingerprint density at radius 3 is 2.71 bits per heavy atom. The largest absolute Gasteiger partial charge is 0.314 e. The molecule has 2 nitrogen and oxygen atoms in total. The first-order chi connectivity index (χ1) is 3.39. The Morgan fingerprint density at radius 1 is 1.57 bits per heavy atom. The summed E-state index contributed by atoms with van der Waals surface area (Å²) in [6, 6.07) is 0. The fourth-order valence-corrected chi connectivity index (χ4v) is 0.750. The lowest BCUT2D eigenvalue weighted by molar-refractivity contribution is -0.0919. The van der Waals surface area contributed by atoms with E-state index < -0.39 is 0 Å². The van der Waals surface area contributed by atoms with Crippen molar-refractivity contribution in [2.24, 2.45) is 0 Å². The van der Waals surface area contributed by atoms with Crippen molar-refractivity contribution in [2.75, 3.05) is 13.1 Å². The molecule has 0 atom stereocenters. The van der Waals surface area contributed by atoms with Gasteiger partial charge in [0, 0.05) is 13.1 Å². The summed E-state index contributed by atoms with van der Waals surface area (Å²) in [5.41, 5.74) is 0. The molecule has 1 N–H and O–H groups in total. The fourth-order valence-electron chi connectivity index (χ4n) is 0.750. The second-order valence-corrected chi connectivity index (χ2v) is 1.84. The topological polar surface area (TPSA) is 23.5 Å². The van der Waals surface area contributed by atoms with Gasteiger partial charge in [-0.1, -0.05) is 0 Å². The van der Waals surface area contributed by atoms with E-state index in [1.807, 2.05) is 0 Å². The normalized spacial score (nSPS) is 25.3. The Morgan fingerprint density at radius 2 is 2.43 bits per heavy atom. The molecule has 0 amide bonds. The van der Waals surface area contributed by atoms with Crippen LogP contribution in [0.1, 0.15) is 12.8 Å². The number of hydrogen-bond donors (Lipinski definition) is 1. The Kier molecular flexibility index (Phi) is 1.65. The van der Waals surface area contributed by atoms with E-state index in [2.05, 4.69) is 6.42 Å². The van der Waals surface area contributed by atoms with Gasteiger partial charge in [-0.2, -0.15) is 5.06 Å². The summed E-state index contributed by atoms with van der Waals surface area (Å²) in [5, 5.41) is 10.0. The van der Waals surface area contributed by atoms with Crippen LogP contribution in [0.25, 0.3) is 0 Å². The van der Waals surface area contributed by atoms with E-state index >= 15 is 0 Å². The highest BCUT2D eigenvalue weighted by Gasteiger charge is 2.04. The molecule has 1 saturated heterocycles. The minimum atomic E-state index is 0.750. The minimum Gasteiger partial charge on any atom is -0.314 e. The lowest BCUT2D eigenvalue weighted by Gasteiger charge is -2.18. The molecule has 0 unspecified atom stereocenters. The number of nitrogens with zero attached hydrogens (tertiary/aromatic N) is 1. The van der Waals surface area contributed by atoms with Crippen molar-refractivity contribution >= 4 is 0 Å². The third-order valence-corrected chi connectivity index (χ3v) is 1.16. The van der Waals surface area contributed by atoms with Gasteiger partial charge in [-0.3, -0.25) is 0 Å². The molecule has 1 radical (unpaired) electrons. The van der Waals surface area contributed by atoms with E-state index in [-0.39, 0.29) is 0 Å². The summed E-state index contributed by atoms with van der Waals surface area (Å²) in [5.74, 6) is 0. The lowest BCUT2D eigenvalue weighted by Crippen LogP contribution is -2.25. The third kappa shape index (κ3) is 1.45. The van der Waals surface area contributed by atoms with E-state index in [0.717, 1.165) is 25.9 Å². The van der Waals surface area contributed by atoms with Gasteiger partial charge in [0.2, 0.25) is 0 Å². The maximum atomic E-state index is 8.71. The van der Waals surface area contributed by atoms with Crippen LogP contribution in [-0.4, -0.2) is 23.4 Å². The molecule has 0 aliphatic carbocycles. The highest BCUT2D eigenvalue weighted by Crippen LogP contribution is 2.03. The molecular weight excluding hydrogens is 90.1 g/mol. The molecule has 0 bridgehead atoms. The van der Waals surface area contributed by atoms with Crippen LogP contribution >= 0.6 is 0 Å². The van der Waals surface area contributed by atoms with Gasteiger partial charge >= 0.3 is 0 Å². The Bertz CT molecular complexity index is 50.0. The number of hydroxylamine groups is 2. The molecule has 1 aliphatic rings. The number of hydrogen-bond acceptors (Lipinski definition) is 2. The Hall–Kier alpha value is -0.0800. The Balaban J connectivity index is 2.12. The van der Waals surface area contributed by atoms with Crippen LogP contribution in [0.4, 0.5) is 0 Å². The SMILES string of the molecule is ON1C[CH]CCC1. The van der Waals surface area contributed by atoms with E-state index in [9.17, 15) is 0 Å². The molecule has 1 rings (SSSR count). The standard InChI is InChI=1S/C5H10NO/c7-6-4-2-1-3-5-6/h2,7H,1,3-5H2. The third-order valence-electron chi connectivity index (χ3n) is 1.16. The summed E-state index contributed by atoms with van der Waals surface area (Å²) in [7, 11) is 0. The van der Waals surface area contributed by atoms with Crippen molar-refractivity contribution in [3.05, 3.63) is 6.42 Å². The predicted molar refractivity (Wildman–Crippen MR) is 26.9 cm³/mol. The summed E-state index contributed by atoms with van der Waals surface area (Å²) in [4.78, 5) is 0. The van der Waals surface area contributed by atoms with Crippen LogP contribution in [0, 0.1) is 6.42 Å². The van der Waals surface area contributed by atoms with Crippen molar-refractivity contribution in [1.82, 2.24) is 5.06 Å². The summed E-state index contributed by atoms with van der Waals surface area (Å²) >= 11 is 0. The fraction of sp³-hybridized carbons (Fsp3) is 0.800. The van der Waals surface area contributed by atoms with E-state index in [0.29, 0.717) is 0 Å². The predicted octanol–water partition coefficient (Wildman–Crippen LogP) is 0.676. The van der Waals surface area contributed by atoms with Crippen LogP contribution in [0.3, 0.4) is 0 Å². The molecule has 7 heavy (non-hydrogen) atoms. The summed E-state index contributed by atoms with van der Waals surface area (Å²) in [6.45, 7) is 1.59. The second-order valence-electron chi connectivity index (χ2n) is 1.84. The Labute approximate surface area is 43.7 Å². The molecule has 0 aromatic heterocycles. The average molecular weight is 100 g/mol. The first kappa shape index (κ1) is 5.06. The van der Waals surface area contributed by atoms with Crippen molar-refractivity contribution in [1.29, 1.82) is 0 Å². The monoisotopic (exact) mass is 100 g/mol. The first-order valence-electron chi connectivity index (χ1n) is 2.65. The maximum Gasteiger partial charge on any atom is 0.0269 e. The van der Waals surface area contributed by atoms with Gasteiger partial charge in [0.1, 0.15) is 0 Å². The van der Waals surface area contributed by atoms with Crippen LogP contribution in [0.2, 0.25) is 0 Å². The quantitative estimate of drug-likeness (QED) is 0.483. The number of piperidine rings is 1. The van der Waals surface area contributed by atoms with Crippen LogP contribution < -0.4 is 0 Å². The van der Waals surface area contributed by atoms with Crippen molar-refractivity contribution in [2.45, 2.75) is 12.8 Å². The molecule has 1 aliphatic heterocycles. The zero-order valence-corrected chi connectivity index (χ0v) is 4.30. The minimum absolute atomic E-state index is 0.750. The van der Waals surface area contributed by atoms with Gasteiger partial charge in [0.05, 0.1) is 0 Å². The van der Waals surface area contributed by atoms with Gasteiger partial charge in [0.25, 0.3) is 0 Å². The first-order valence-corrected chi connectivity index (χ1v) is 2.65. The second kappa shape index (κ2) is 2.28. The molecule has 0 aromatic rings. The molecule has 0 saturated carbocycles. The zero-order valence-electron chi connectivity index (χ0n) is 4.30. The van der Waals surface area contributed by atoms with Gasteiger partial charge < -0.3 is 5.21 Å². The molecule has 0 spiro atoms. The van der Waals surface area contributed by atoms with Crippen molar-refractivity contribution in [3.8, 4) is 0 Å². The average Bonchev–Trinajstić information content (AvgIpc) is 1.69. The van der Waals surface area contributed by atoms with Crippen molar-refractivity contribution in [3.63, 3.8) is 0 Å².